The van der Waals surface area contributed by atoms with Gasteiger partial charge in [-0.25, -0.2) is 9.78 Å². The van der Waals surface area contributed by atoms with Crippen molar-refractivity contribution in [3.8, 4) is 5.75 Å². The topological polar surface area (TPSA) is 77.5 Å². The summed E-state index contributed by atoms with van der Waals surface area (Å²) < 4.78 is 10.7. The van der Waals surface area contributed by atoms with Crippen molar-refractivity contribution in [2.24, 2.45) is 0 Å². The van der Waals surface area contributed by atoms with E-state index in [1.165, 1.54) is 13.1 Å². The lowest BCUT2D eigenvalue weighted by molar-refractivity contribution is -0.123. The molecular formula is C19H21ClN2O4. The number of amides is 1. The van der Waals surface area contributed by atoms with E-state index in [9.17, 15) is 9.59 Å². The predicted molar refractivity (Wildman–Crippen MR) is 99.6 cm³/mol. The fourth-order valence-corrected chi connectivity index (χ4v) is 2.18. The van der Waals surface area contributed by atoms with Gasteiger partial charge in [0.15, 0.2) is 11.3 Å². The number of hydrogen-bond donors (Lipinski definition) is 1. The second kappa shape index (κ2) is 9.77. The van der Waals surface area contributed by atoms with E-state index < -0.39 is 18.0 Å². The van der Waals surface area contributed by atoms with E-state index in [4.69, 9.17) is 21.1 Å². The molecule has 1 heterocycles. The molecule has 0 saturated carbocycles. The van der Waals surface area contributed by atoms with E-state index in [0.717, 1.165) is 12.8 Å². The number of aromatic nitrogens is 1. The maximum absolute atomic E-state index is 12.2. The first kappa shape index (κ1) is 19.7. The van der Waals surface area contributed by atoms with Crippen molar-refractivity contribution in [3.05, 3.63) is 53.3 Å². The van der Waals surface area contributed by atoms with Crippen molar-refractivity contribution in [1.29, 1.82) is 0 Å². The lowest BCUT2D eigenvalue weighted by atomic mass is 10.2. The SMILES string of the molecule is CCCCOc1ccc(C(=O)OC(C)C(=O)Nc2cccnc2Cl)cc1. The Hall–Kier alpha value is -2.60. The maximum atomic E-state index is 12.2. The van der Waals surface area contributed by atoms with Gasteiger partial charge in [0.2, 0.25) is 0 Å². The van der Waals surface area contributed by atoms with Crippen molar-refractivity contribution in [2.45, 2.75) is 32.8 Å². The maximum Gasteiger partial charge on any atom is 0.338 e. The van der Waals surface area contributed by atoms with Crippen molar-refractivity contribution in [1.82, 2.24) is 4.98 Å². The summed E-state index contributed by atoms with van der Waals surface area (Å²) in [6.07, 6.45) is 2.54. The normalized spacial score (nSPS) is 11.5. The minimum absolute atomic E-state index is 0.165. The number of carbonyl (C=O) groups excluding carboxylic acids is 2. The van der Waals surface area contributed by atoms with E-state index in [2.05, 4.69) is 17.2 Å². The van der Waals surface area contributed by atoms with Crippen LogP contribution in [-0.2, 0) is 9.53 Å². The molecule has 0 saturated heterocycles. The van der Waals surface area contributed by atoms with Gasteiger partial charge in [-0.05, 0) is 49.7 Å². The monoisotopic (exact) mass is 376 g/mol. The van der Waals surface area contributed by atoms with Gasteiger partial charge in [0.25, 0.3) is 5.91 Å². The molecule has 1 N–H and O–H groups in total. The van der Waals surface area contributed by atoms with E-state index in [1.807, 2.05) is 0 Å². The van der Waals surface area contributed by atoms with Crippen LogP contribution in [-0.4, -0.2) is 29.6 Å². The third-order valence-electron chi connectivity index (χ3n) is 3.53. The fourth-order valence-electron chi connectivity index (χ4n) is 2.02. The Kier molecular flexibility index (Phi) is 7.41. The first-order valence-corrected chi connectivity index (χ1v) is 8.74. The largest absolute Gasteiger partial charge is 0.494 e. The number of unbranched alkanes of at least 4 members (excludes halogenated alkanes) is 1. The average Bonchev–Trinajstić information content (AvgIpc) is 2.64. The van der Waals surface area contributed by atoms with E-state index in [0.29, 0.717) is 23.6 Å². The molecule has 1 aromatic heterocycles. The highest BCUT2D eigenvalue weighted by Gasteiger charge is 2.20. The van der Waals surface area contributed by atoms with Crippen LogP contribution < -0.4 is 10.1 Å². The summed E-state index contributed by atoms with van der Waals surface area (Å²) in [6, 6.07) is 9.86. The van der Waals surface area contributed by atoms with Gasteiger partial charge in [-0.1, -0.05) is 24.9 Å². The van der Waals surface area contributed by atoms with Crippen LogP contribution in [0.15, 0.2) is 42.6 Å². The van der Waals surface area contributed by atoms with Gasteiger partial charge < -0.3 is 14.8 Å². The third-order valence-corrected chi connectivity index (χ3v) is 3.83. The molecule has 1 aromatic carbocycles. The van der Waals surface area contributed by atoms with Gasteiger partial charge in [-0.15, -0.1) is 0 Å². The third kappa shape index (κ3) is 5.74. The summed E-state index contributed by atoms with van der Waals surface area (Å²) in [5.41, 5.74) is 0.697. The lowest BCUT2D eigenvalue weighted by Gasteiger charge is -2.14. The van der Waals surface area contributed by atoms with Gasteiger partial charge in [0.05, 0.1) is 17.9 Å². The number of halogens is 1. The van der Waals surface area contributed by atoms with Crippen molar-refractivity contribution in [3.63, 3.8) is 0 Å². The molecule has 1 amide bonds. The number of benzene rings is 1. The smallest absolute Gasteiger partial charge is 0.338 e. The standard InChI is InChI=1S/C19H21ClN2O4/c1-3-4-12-25-15-9-7-14(8-10-15)19(24)26-13(2)18(23)22-16-6-5-11-21-17(16)20/h5-11,13H,3-4,12H2,1-2H3,(H,22,23). The average molecular weight is 377 g/mol. The van der Waals surface area contributed by atoms with Crippen molar-refractivity contribution >= 4 is 29.2 Å². The Labute approximate surface area is 157 Å². The zero-order valence-corrected chi connectivity index (χ0v) is 15.5. The van der Waals surface area contributed by atoms with Crippen molar-refractivity contribution in [2.75, 3.05) is 11.9 Å². The van der Waals surface area contributed by atoms with Gasteiger partial charge in [-0.2, -0.15) is 0 Å². The van der Waals surface area contributed by atoms with Crippen LogP contribution >= 0.6 is 11.6 Å². The molecule has 26 heavy (non-hydrogen) atoms. The molecule has 6 nitrogen and oxygen atoms in total. The molecule has 0 radical (unpaired) electrons. The molecule has 0 aliphatic rings. The van der Waals surface area contributed by atoms with Crippen LogP contribution in [0.2, 0.25) is 5.15 Å². The minimum atomic E-state index is -0.987. The van der Waals surface area contributed by atoms with E-state index in [-0.39, 0.29) is 5.15 Å². The number of ether oxygens (including phenoxy) is 2. The minimum Gasteiger partial charge on any atom is -0.494 e. The molecule has 138 valence electrons. The molecule has 2 aromatic rings. The Bertz CT molecular complexity index is 749. The number of nitrogens with one attached hydrogen (secondary N) is 1. The molecule has 0 aliphatic carbocycles. The van der Waals surface area contributed by atoms with Crippen LogP contribution in [0.5, 0.6) is 5.75 Å². The van der Waals surface area contributed by atoms with E-state index >= 15 is 0 Å². The molecule has 7 heteroatoms. The number of anilines is 1. The fraction of sp³-hybridized carbons (Fsp3) is 0.316. The Morgan fingerprint density at radius 2 is 1.96 bits per heavy atom. The number of rotatable bonds is 8. The number of esters is 1. The number of hydrogen-bond acceptors (Lipinski definition) is 5. The summed E-state index contributed by atoms with van der Waals surface area (Å²) >= 11 is 5.89. The molecule has 0 aliphatic heterocycles. The van der Waals surface area contributed by atoms with Crippen LogP contribution in [0.3, 0.4) is 0 Å². The molecule has 0 spiro atoms. The van der Waals surface area contributed by atoms with Crippen LogP contribution in [0, 0.1) is 0 Å². The first-order valence-electron chi connectivity index (χ1n) is 8.36. The second-order valence-electron chi connectivity index (χ2n) is 5.60. The summed E-state index contributed by atoms with van der Waals surface area (Å²) in [4.78, 5) is 28.2. The summed E-state index contributed by atoms with van der Waals surface area (Å²) in [6.45, 7) is 4.20. The molecule has 1 atom stereocenters. The summed E-state index contributed by atoms with van der Waals surface area (Å²) in [7, 11) is 0. The first-order chi connectivity index (χ1) is 12.5. The van der Waals surface area contributed by atoms with E-state index in [1.54, 1.807) is 36.4 Å². The highest BCUT2D eigenvalue weighted by Crippen LogP contribution is 2.18. The number of carbonyl (C=O) groups is 2. The summed E-state index contributed by atoms with van der Waals surface area (Å²) in [5.74, 6) is -0.398. The highest BCUT2D eigenvalue weighted by atomic mass is 35.5. The Morgan fingerprint density at radius 3 is 2.62 bits per heavy atom. The Morgan fingerprint density at radius 1 is 1.23 bits per heavy atom. The number of pyridine rings is 1. The van der Waals surface area contributed by atoms with Crippen LogP contribution in [0.1, 0.15) is 37.0 Å². The van der Waals surface area contributed by atoms with Gasteiger partial charge in [0, 0.05) is 6.20 Å². The predicted octanol–water partition coefficient (Wildman–Crippen LogP) is 4.10. The van der Waals surface area contributed by atoms with Gasteiger partial charge in [0.1, 0.15) is 5.75 Å². The lowest BCUT2D eigenvalue weighted by Crippen LogP contribution is -2.30. The zero-order chi connectivity index (χ0) is 18.9. The molecule has 0 bridgehead atoms. The van der Waals surface area contributed by atoms with Crippen LogP contribution in [0.25, 0.3) is 0 Å². The highest BCUT2D eigenvalue weighted by molar-refractivity contribution is 6.32. The molecule has 1 unspecified atom stereocenters. The van der Waals surface area contributed by atoms with Gasteiger partial charge in [-0.3, -0.25) is 4.79 Å². The van der Waals surface area contributed by atoms with Crippen molar-refractivity contribution < 1.29 is 19.1 Å². The van der Waals surface area contributed by atoms with Crippen LogP contribution in [0.4, 0.5) is 5.69 Å². The molecule has 2 rings (SSSR count). The van der Waals surface area contributed by atoms with Gasteiger partial charge >= 0.3 is 5.97 Å². The number of nitrogens with zero attached hydrogens (tertiary/aromatic N) is 1. The second-order valence-corrected chi connectivity index (χ2v) is 5.96. The summed E-state index contributed by atoms with van der Waals surface area (Å²) in [5, 5.41) is 2.74. The Balaban J connectivity index is 1.89. The quantitative estimate of drug-likeness (QED) is 0.426. The molecule has 0 fully saturated rings. The zero-order valence-electron chi connectivity index (χ0n) is 14.7. The molecular weight excluding hydrogens is 356 g/mol.